The molecule has 4 nitrogen and oxygen atoms in total. The van der Waals surface area contributed by atoms with Crippen LogP contribution >= 0.6 is 0 Å². The Hall–Kier alpha value is -6.91. The Balaban J connectivity index is 1.16. The number of rotatable bonds is 4. The predicted molar refractivity (Wildman–Crippen MR) is 208 cm³/mol. The minimum Gasteiger partial charge on any atom is -0.456 e. The third-order valence-electron chi connectivity index (χ3n) is 10.2. The molecule has 0 amide bonds. The average Bonchev–Trinajstić information content (AvgIpc) is 3.73. The molecule has 0 saturated heterocycles. The molecule has 0 N–H and O–H groups in total. The topological polar surface area (TPSA) is 51.8 Å². The molecular weight excluding hydrogens is 623 g/mol. The van der Waals surface area contributed by atoms with E-state index in [2.05, 4.69) is 97.1 Å². The molecular formula is C47H27N3O. The summed E-state index contributed by atoms with van der Waals surface area (Å²) in [5, 5.41) is 7.08. The predicted octanol–water partition coefficient (Wildman–Crippen LogP) is 12.4. The third-order valence-corrected chi connectivity index (χ3v) is 10.2. The van der Waals surface area contributed by atoms with Gasteiger partial charge in [0.2, 0.25) is 0 Å². The maximum Gasteiger partial charge on any atom is 0.164 e. The van der Waals surface area contributed by atoms with Gasteiger partial charge in [-0.3, -0.25) is 0 Å². The van der Waals surface area contributed by atoms with Crippen LogP contribution in [-0.2, 0) is 0 Å². The van der Waals surface area contributed by atoms with Gasteiger partial charge in [-0.2, -0.15) is 0 Å². The molecule has 0 unspecified atom stereocenters. The van der Waals surface area contributed by atoms with Crippen molar-refractivity contribution in [2.45, 2.75) is 0 Å². The molecule has 2 aromatic heterocycles. The fourth-order valence-corrected chi connectivity index (χ4v) is 8.00. The summed E-state index contributed by atoms with van der Waals surface area (Å²) >= 11 is 0. The first kappa shape index (κ1) is 28.0. The fourth-order valence-electron chi connectivity index (χ4n) is 8.00. The Morgan fingerprint density at radius 1 is 0.333 bits per heavy atom. The monoisotopic (exact) mass is 649 g/mol. The number of fused-ring (bicyclic) bond motifs is 7. The molecule has 0 atom stereocenters. The molecule has 10 aromatic rings. The van der Waals surface area contributed by atoms with E-state index in [-0.39, 0.29) is 0 Å². The van der Waals surface area contributed by atoms with Crippen LogP contribution in [0.2, 0.25) is 0 Å². The van der Waals surface area contributed by atoms with Gasteiger partial charge >= 0.3 is 0 Å². The van der Waals surface area contributed by atoms with Crippen molar-refractivity contribution in [1.82, 2.24) is 15.0 Å². The molecule has 51 heavy (non-hydrogen) atoms. The highest BCUT2D eigenvalue weighted by Gasteiger charge is 2.29. The van der Waals surface area contributed by atoms with Crippen LogP contribution in [0.1, 0.15) is 0 Å². The van der Waals surface area contributed by atoms with E-state index in [9.17, 15) is 0 Å². The van der Waals surface area contributed by atoms with Gasteiger partial charge in [-0.25, -0.2) is 15.0 Å². The molecule has 0 radical (unpaired) electrons. The third kappa shape index (κ3) is 4.23. The molecule has 0 bridgehead atoms. The Kier molecular flexibility index (Phi) is 5.92. The maximum atomic E-state index is 6.60. The van der Waals surface area contributed by atoms with Gasteiger partial charge in [-0.05, 0) is 67.6 Å². The summed E-state index contributed by atoms with van der Waals surface area (Å²) in [5.74, 6) is 1.94. The van der Waals surface area contributed by atoms with Crippen LogP contribution in [0.4, 0.5) is 0 Å². The van der Waals surface area contributed by atoms with E-state index in [1.165, 1.54) is 44.2 Å². The minimum absolute atomic E-state index is 0.640. The van der Waals surface area contributed by atoms with E-state index in [4.69, 9.17) is 19.4 Å². The first-order valence-electron chi connectivity index (χ1n) is 17.2. The number of hydrogen-bond acceptors (Lipinski definition) is 4. The van der Waals surface area contributed by atoms with Crippen molar-refractivity contribution in [3.05, 3.63) is 164 Å². The van der Waals surface area contributed by atoms with Crippen molar-refractivity contribution < 1.29 is 4.42 Å². The number of hydrogen-bond donors (Lipinski definition) is 0. The highest BCUT2D eigenvalue weighted by atomic mass is 16.3. The Morgan fingerprint density at radius 3 is 1.67 bits per heavy atom. The van der Waals surface area contributed by atoms with Crippen molar-refractivity contribution in [3.63, 3.8) is 0 Å². The Labute approximate surface area is 293 Å². The molecule has 0 fully saturated rings. The van der Waals surface area contributed by atoms with Crippen LogP contribution in [0.5, 0.6) is 0 Å². The first-order chi connectivity index (χ1) is 25.3. The maximum absolute atomic E-state index is 6.60. The number of para-hydroxylation sites is 1. The number of aromatic nitrogens is 3. The summed E-state index contributed by atoms with van der Waals surface area (Å²) in [6.07, 6.45) is 0. The summed E-state index contributed by atoms with van der Waals surface area (Å²) in [4.78, 5) is 14.9. The largest absolute Gasteiger partial charge is 0.456 e. The fraction of sp³-hybridized carbons (Fsp3) is 0. The summed E-state index contributed by atoms with van der Waals surface area (Å²) in [7, 11) is 0. The van der Waals surface area contributed by atoms with Crippen LogP contribution in [-0.4, -0.2) is 15.0 Å². The minimum atomic E-state index is 0.640. The number of nitrogens with zero attached hydrogens (tertiary/aromatic N) is 3. The zero-order valence-corrected chi connectivity index (χ0v) is 27.3. The van der Waals surface area contributed by atoms with E-state index in [0.717, 1.165) is 49.4 Å². The van der Waals surface area contributed by atoms with Crippen LogP contribution in [0.25, 0.3) is 111 Å². The number of benzene rings is 8. The Morgan fingerprint density at radius 2 is 0.941 bits per heavy atom. The zero-order valence-electron chi connectivity index (χ0n) is 27.3. The lowest BCUT2D eigenvalue weighted by atomic mass is 9.87. The SMILES string of the molecule is c1ccc(-c2nc(-c3ccccc3)nc(-c3ccc4c(-c5c6c(cc7oc8ccccc8c57)-c5cccc7cccc-6c57)cccc4c3)n2)cc1. The van der Waals surface area contributed by atoms with Crippen molar-refractivity contribution in [3.8, 4) is 67.5 Å². The lowest BCUT2D eigenvalue weighted by Gasteiger charge is -2.16. The van der Waals surface area contributed by atoms with E-state index in [0.29, 0.717) is 17.5 Å². The second-order valence-electron chi connectivity index (χ2n) is 13.1. The second kappa shape index (κ2) is 10.8. The molecule has 8 aromatic carbocycles. The summed E-state index contributed by atoms with van der Waals surface area (Å²) in [5.41, 5.74) is 12.0. The smallest absolute Gasteiger partial charge is 0.164 e. The van der Waals surface area contributed by atoms with Crippen LogP contribution in [0, 0.1) is 0 Å². The highest BCUT2D eigenvalue weighted by molar-refractivity contribution is 6.27. The van der Waals surface area contributed by atoms with Gasteiger partial charge in [-0.1, -0.05) is 146 Å². The Bertz CT molecular complexity index is 2960. The van der Waals surface area contributed by atoms with Gasteiger partial charge in [0.15, 0.2) is 17.5 Å². The molecule has 11 rings (SSSR count). The zero-order chi connectivity index (χ0) is 33.5. The average molecular weight is 650 g/mol. The molecule has 0 aliphatic heterocycles. The van der Waals surface area contributed by atoms with E-state index >= 15 is 0 Å². The van der Waals surface area contributed by atoms with E-state index < -0.39 is 0 Å². The van der Waals surface area contributed by atoms with Crippen LogP contribution < -0.4 is 0 Å². The van der Waals surface area contributed by atoms with Crippen LogP contribution in [0.15, 0.2) is 168 Å². The quantitative estimate of drug-likeness (QED) is 0.190. The number of furan rings is 1. The van der Waals surface area contributed by atoms with Gasteiger partial charge in [0.25, 0.3) is 0 Å². The van der Waals surface area contributed by atoms with Gasteiger partial charge in [0.1, 0.15) is 11.2 Å². The van der Waals surface area contributed by atoms with Crippen molar-refractivity contribution >= 4 is 43.5 Å². The molecule has 236 valence electrons. The lowest BCUT2D eigenvalue weighted by Crippen LogP contribution is -2.00. The highest BCUT2D eigenvalue weighted by Crippen LogP contribution is 2.55. The lowest BCUT2D eigenvalue weighted by molar-refractivity contribution is 0.669. The standard InChI is InChI=1S/C47H27N3O/c1-3-12-29(13-4-1)45-48-46(30-14-5-2-6-15-30)50-47(49-45)32-24-25-33-31(26-32)18-11-20-34(33)44-42-37-22-10-17-28-16-9-21-35(41(28)37)38(42)27-40-43(44)36-19-7-8-23-39(36)51-40/h1-27H. The summed E-state index contributed by atoms with van der Waals surface area (Å²) < 4.78 is 6.60. The van der Waals surface area contributed by atoms with Crippen molar-refractivity contribution in [2.24, 2.45) is 0 Å². The van der Waals surface area contributed by atoms with Gasteiger partial charge in [0, 0.05) is 33.0 Å². The van der Waals surface area contributed by atoms with Crippen molar-refractivity contribution in [2.75, 3.05) is 0 Å². The summed E-state index contributed by atoms with van der Waals surface area (Å²) in [6, 6.07) is 57.3. The molecule has 4 heteroatoms. The van der Waals surface area contributed by atoms with Gasteiger partial charge in [-0.15, -0.1) is 0 Å². The van der Waals surface area contributed by atoms with E-state index in [1.54, 1.807) is 0 Å². The first-order valence-corrected chi connectivity index (χ1v) is 17.2. The molecule has 0 spiro atoms. The normalized spacial score (nSPS) is 11.9. The summed E-state index contributed by atoms with van der Waals surface area (Å²) in [6.45, 7) is 0. The van der Waals surface area contributed by atoms with Crippen molar-refractivity contribution in [1.29, 1.82) is 0 Å². The molecule has 1 aliphatic carbocycles. The van der Waals surface area contributed by atoms with Crippen LogP contribution in [0.3, 0.4) is 0 Å². The van der Waals surface area contributed by atoms with Gasteiger partial charge < -0.3 is 4.42 Å². The molecule has 0 saturated carbocycles. The second-order valence-corrected chi connectivity index (χ2v) is 13.1. The van der Waals surface area contributed by atoms with E-state index in [1.807, 2.05) is 66.7 Å². The molecule has 1 aliphatic rings. The van der Waals surface area contributed by atoms with Gasteiger partial charge in [0.05, 0.1) is 0 Å². The molecule has 2 heterocycles.